The molecule has 0 bridgehead atoms. The molecule has 0 N–H and O–H groups in total. The largest absolute Gasteiger partial charge is 0.337 e. The van der Waals surface area contributed by atoms with Crippen molar-refractivity contribution in [3.05, 3.63) is 49.3 Å². The van der Waals surface area contributed by atoms with E-state index in [2.05, 4.69) is 44.3 Å². The summed E-state index contributed by atoms with van der Waals surface area (Å²) in [6, 6.07) is 10.4. The molecule has 0 aliphatic heterocycles. The Balaban J connectivity index is 2.91. The van der Waals surface area contributed by atoms with Crippen LogP contribution in [0.15, 0.2) is 36.5 Å². The van der Waals surface area contributed by atoms with Crippen molar-refractivity contribution in [1.82, 2.24) is 0 Å². The highest BCUT2D eigenvalue weighted by Crippen LogP contribution is 2.13. The molecule has 0 aliphatic carbocycles. The Morgan fingerprint density at radius 2 is 1.92 bits per heavy atom. The molecule has 0 unspecified atom stereocenters. The molecule has 0 spiro atoms. The maximum atomic E-state index is 3.89. The predicted octanol–water partition coefficient (Wildman–Crippen LogP) is 2.08. The van der Waals surface area contributed by atoms with Crippen LogP contribution in [0.3, 0.4) is 0 Å². The summed E-state index contributed by atoms with van der Waals surface area (Å²) in [5.74, 6) is 0. The Hall–Kier alpha value is -1.50. The molecule has 1 nitrogen and oxygen atoms in total. The Bertz CT molecular complexity index is 418. The van der Waals surface area contributed by atoms with Gasteiger partial charge in [-0.25, -0.2) is 0 Å². The van der Waals surface area contributed by atoms with Crippen molar-refractivity contribution in [3.63, 3.8) is 0 Å². The minimum Gasteiger partial charge on any atom is -0.337 e. The monoisotopic (exact) mass is 157 g/mol. The van der Waals surface area contributed by atoms with Crippen LogP contribution < -0.4 is 4.57 Å². The van der Waals surface area contributed by atoms with E-state index in [1.54, 1.807) is 0 Å². The van der Waals surface area contributed by atoms with Gasteiger partial charge in [0.2, 0.25) is 0 Å². The molecule has 0 saturated carbocycles. The first-order chi connectivity index (χ1) is 5.79. The van der Waals surface area contributed by atoms with Gasteiger partial charge in [-0.05, 0) is 23.8 Å². The maximum absolute atomic E-state index is 3.89. The number of fused-ring (bicyclic) bond motifs is 1. The number of aromatic nitrogens is 1. The van der Waals surface area contributed by atoms with Gasteiger partial charge in [0.15, 0.2) is 0 Å². The molecule has 0 atom stereocenters. The zero-order chi connectivity index (χ0) is 8.55. The van der Waals surface area contributed by atoms with Crippen molar-refractivity contribution in [2.45, 2.75) is 6.92 Å². The highest BCUT2D eigenvalue weighted by molar-refractivity contribution is 5.83. The average Bonchev–Trinajstić information content (AvgIpc) is 2.12. The lowest BCUT2D eigenvalue weighted by molar-refractivity contribution is -0.617. The summed E-state index contributed by atoms with van der Waals surface area (Å²) in [7, 11) is 3.89. The van der Waals surface area contributed by atoms with Gasteiger partial charge in [0.05, 0.1) is 11.9 Å². The summed E-state index contributed by atoms with van der Waals surface area (Å²) in [4.78, 5) is 0. The Labute approximate surface area is 72.3 Å². The molecule has 1 aromatic heterocycles. The SMILES string of the molecule is [CH2-][n+]1ccc2ccccc2c1C. The average molecular weight is 157 g/mol. The normalized spacial score (nSPS) is 10.4. The number of pyridine rings is 1. The van der Waals surface area contributed by atoms with Gasteiger partial charge in [0, 0.05) is 7.05 Å². The van der Waals surface area contributed by atoms with Gasteiger partial charge in [-0.15, -0.1) is 0 Å². The van der Waals surface area contributed by atoms with Gasteiger partial charge in [0.25, 0.3) is 0 Å². The van der Waals surface area contributed by atoms with Crippen molar-refractivity contribution >= 4 is 10.8 Å². The van der Waals surface area contributed by atoms with E-state index in [-0.39, 0.29) is 0 Å². The second kappa shape index (κ2) is 2.52. The molecule has 0 fully saturated rings. The highest BCUT2D eigenvalue weighted by atomic mass is 14.9. The number of hydrogen-bond donors (Lipinski definition) is 0. The van der Waals surface area contributed by atoms with Gasteiger partial charge in [-0.1, -0.05) is 24.3 Å². The van der Waals surface area contributed by atoms with Crippen LogP contribution in [0.5, 0.6) is 0 Å². The third-order valence-electron chi connectivity index (χ3n) is 2.22. The maximum Gasteiger partial charge on any atom is 0.0864 e. The fourth-order valence-electron chi connectivity index (χ4n) is 1.41. The number of nitrogens with zero attached hydrogens (tertiary/aromatic N) is 1. The molecule has 0 amide bonds. The number of benzene rings is 1. The van der Waals surface area contributed by atoms with Crippen molar-refractivity contribution < 1.29 is 4.57 Å². The predicted molar refractivity (Wildman–Crippen MR) is 49.6 cm³/mol. The third kappa shape index (κ3) is 0.944. The number of hydrogen-bond acceptors (Lipinski definition) is 0. The Kier molecular flexibility index (Phi) is 1.51. The van der Waals surface area contributed by atoms with E-state index in [0.29, 0.717) is 0 Å². The van der Waals surface area contributed by atoms with E-state index in [9.17, 15) is 0 Å². The molecule has 1 heteroatoms. The number of rotatable bonds is 0. The fraction of sp³-hybridized carbons (Fsp3) is 0.0909. The van der Waals surface area contributed by atoms with E-state index >= 15 is 0 Å². The lowest BCUT2D eigenvalue weighted by Gasteiger charge is -2.05. The minimum atomic E-state index is 1.20. The highest BCUT2D eigenvalue weighted by Gasteiger charge is 1.97. The van der Waals surface area contributed by atoms with E-state index in [4.69, 9.17) is 0 Å². The molecule has 2 aromatic rings. The summed E-state index contributed by atoms with van der Waals surface area (Å²) >= 11 is 0. The molecule has 1 heterocycles. The summed E-state index contributed by atoms with van der Waals surface area (Å²) in [6.07, 6.45) is 1.98. The van der Waals surface area contributed by atoms with Crippen LogP contribution in [-0.2, 0) is 0 Å². The Morgan fingerprint density at radius 1 is 1.17 bits per heavy atom. The first kappa shape index (κ1) is 7.17. The first-order valence-corrected chi connectivity index (χ1v) is 4.00. The fourth-order valence-corrected chi connectivity index (χ4v) is 1.41. The second-order valence-electron chi connectivity index (χ2n) is 2.96. The van der Waals surface area contributed by atoms with Gasteiger partial charge in [-0.3, -0.25) is 0 Å². The van der Waals surface area contributed by atoms with E-state index < -0.39 is 0 Å². The standard InChI is InChI=1S/C11H11N/c1-9-11-6-4-3-5-10(11)7-8-12(9)2/h3-8H,2H2,1H3. The topological polar surface area (TPSA) is 3.88 Å². The van der Waals surface area contributed by atoms with Crippen molar-refractivity contribution in [2.24, 2.45) is 0 Å². The molecule has 1 aromatic carbocycles. The van der Waals surface area contributed by atoms with Crippen molar-refractivity contribution in [1.29, 1.82) is 0 Å². The van der Waals surface area contributed by atoms with Gasteiger partial charge < -0.3 is 4.57 Å². The Morgan fingerprint density at radius 3 is 2.75 bits per heavy atom. The van der Waals surface area contributed by atoms with E-state index in [0.717, 1.165) is 0 Å². The molecular formula is C11H11N. The summed E-state index contributed by atoms with van der Waals surface area (Å²) < 4.78 is 1.89. The van der Waals surface area contributed by atoms with Gasteiger partial charge in [0.1, 0.15) is 0 Å². The zero-order valence-corrected chi connectivity index (χ0v) is 7.12. The molecular weight excluding hydrogens is 146 g/mol. The van der Waals surface area contributed by atoms with Crippen molar-refractivity contribution in [3.8, 4) is 0 Å². The van der Waals surface area contributed by atoms with Crippen molar-refractivity contribution in [2.75, 3.05) is 0 Å². The van der Waals surface area contributed by atoms with Crippen LogP contribution in [0.1, 0.15) is 5.69 Å². The van der Waals surface area contributed by atoms with E-state index in [1.165, 1.54) is 16.5 Å². The van der Waals surface area contributed by atoms with Crippen LogP contribution in [0, 0.1) is 14.0 Å². The quantitative estimate of drug-likeness (QED) is 0.407. The summed E-state index contributed by atoms with van der Waals surface area (Å²) in [6.45, 7) is 2.08. The molecule has 2 rings (SSSR count). The van der Waals surface area contributed by atoms with Crippen LogP contribution in [0.4, 0.5) is 0 Å². The van der Waals surface area contributed by atoms with Crippen LogP contribution in [-0.4, -0.2) is 0 Å². The second-order valence-corrected chi connectivity index (χ2v) is 2.96. The zero-order valence-electron chi connectivity index (χ0n) is 7.12. The molecule has 0 radical (unpaired) electrons. The number of aryl methyl sites for hydroxylation is 1. The van der Waals surface area contributed by atoms with Gasteiger partial charge in [-0.2, -0.15) is 0 Å². The molecule has 12 heavy (non-hydrogen) atoms. The van der Waals surface area contributed by atoms with Crippen LogP contribution >= 0.6 is 0 Å². The minimum absolute atomic E-state index is 1.20. The summed E-state index contributed by atoms with van der Waals surface area (Å²) in [5, 5.41) is 2.55. The molecule has 60 valence electrons. The smallest absolute Gasteiger partial charge is 0.0864 e. The van der Waals surface area contributed by atoms with Crippen LogP contribution in [0.25, 0.3) is 10.8 Å². The molecule has 0 saturated heterocycles. The van der Waals surface area contributed by atoms with Crippen LogP contribution in [0.2, 0.25) is 0 Å². The lowest BCUT2D eigenvalue weighted by Crippen LogP contribution is -2.28. The van der Waals surface area contributed by atoms with Gasteiger partial charge >= 0.3 is 0 Å². The lowest BCUT2D eigenvalue weighted by atomic mass is 10.1. The van der Waals surface area contributed by atoms with E-state index in [1.807, 2.05) is 10.8 Å². The molecule has 0 aliphatic rings. The third-order valence-corrected chi connectivity index (χ3v) is 2.22. The summed E-state index contributed by atoms with van der Waals surface area (Å²) in [5.41, 5.74) is 1.20. The first-order valence-electron chi connectivity index (χ1n) is 4.00.